The molecule has 0 heterocycles. The van der Waals surface area contributed by atoms with Gasteiger partial charge < -0.3 is 19.9 Å². The van der Waals surface area contributed by atoms with Gasteiger partial charge in [-0.05, 0) is 29.3 Å². The average Bonchev–Trinajstić information content (AvgIpc) is 2.72. The minimum absolute atomic E-state index is 0.144. The van der Waals surface area contributed by atoms with Gasteiger partial charge in [-0.25, -0.2) is 5.48 Å². The van der Waals surface area contributed by atoms with E-state index in [0.717, 1.165) is 5.56 Å². The normalized spacial score (nSPS) is 11.7. The second-order valence-corrected chi connectivity index (χ2v) is 5.83. The molecule has 8 heteroatoms. The van der Waals surface area contributed by atoms with Crippen LogP contribution >= 0.6 is 0 Å². The topological polar surface area (TPSA) is 117 Å². The summed E-state index contributed by atoms with van der Waals surface area (Å²) in [5.41, 5.74) is 2.94. The van der Waals surface area contributed by atoms with Gasteiger partial charge in [0.25, 0.3) is 5.91 Å². The highest BCUT2D eigenvalue weighted by atomic mass is 16.5. The molecule has 0 radical (unpaired) electrons. The summed E-state index contributed by atoms with van der Waals surface area (Å²) in [6.07, 6.45) is 2.93. The summed E-state index contributed by atoms with van der Waals surface area (Å²) >= 11 is 0. The molecule has 2 rings (SSSR count). The highest BCUT2D eigenvalue weighted by Crippen LogP contribution is 2.37. The first-order valence-electron chi connectivity index (χ1n) is 8.40. The van der Waals surface area contributed by atoms with E-state index in [1.54, 1.807) is 5.48 Å². The van der Waals surface area contributed by atoms with Gasteiger partial charge in [0.15, 0.2) is 11.5 Å². The second-order valence-electron chi connectivity index (χ2n) is 5.83. The van der Waals surface area contributed by atoms with E-state index in [4.69, 9.17) is 14.7 Å². The Morgan fingerprint density at radius 2 is 1.71 bits per heavy atom. The smallest absolute Gasteiger partial charge is 0.266 e. The van der Waals surface area contributed by atoms with Crippen LogP contribution in [0.1, 0.15) is 11.1 Å². The Bertz CT molecular complexity index is 826. The summed E-state index contributed by atoms with van der Waals surface area (Å²) in [5, 5.41) is 21.4. The Kier molecular flexibility index (Phi) is 7.41. The molecule has 148 valence electrons. The monoisotopic (exact) mass is 386 g/mol. The summed E-state index contributed by atoms with van der Waals surface area (Å²) in [6, 6.07) is 11.2. The van der Waals surface area contributed by atoms with Crippen molar-refractivity contribution in [3.63, 3.8) is 0 Å². The zero-order valence-electron chi connectivity index (χ0n) is 15.5. The third-order valence-corrected chi connectivity index (χ3v) is 3.96. The maximum atomic E-state index is 12.2. The number of hydroxylamine groups is 1. The maximum Gasteiger partial charge on any atom is 0.266 e. The molecule has 0 aromatic heterocycles. The lowest BCUT2D eigenvalue weighted by molar-refractivity contribution is -0.133. The van der Waals surface area contributed by atoms with Crippen molar-refractivity contribution in [2.75, 3.05) is 14.2 Å². The number of methoxy groups -OCH3 is 2. The van der Waals surface area contributed by atoms with Crippen LogP contribution in [0.15, 0.2) is 48.5 Å². The second kappa shape index (κ2) is 9.98. The van der Waals surface area contributed by atoms with Crippen LogP contribution in [0.5, 0.6) is 17.2 Å². The Hall–Kier alpha value is -3.52. The molecule has 0 aliphatic heterocycles. The minimum Gasteiger partial charge on any atom is -0.502 e. The van der Waals surface area contributed by atoms with Crippen LogP contribution in [0.4, 0.5) is 0 Å². The summed E-state index contributed by atoms with van der Waals surface area (Å²) in [5.74, 6) is -1.01. The first-order chi connectivity index (χ1) is 13.5. The number of nitrogens with one attached hydrogen (secondary N) is 2. The van der Waals surface area contributed by atoms with Gasteiger partial charge >= 0.3 is 0 Å². The molecule has 4 N–H and O–H groups in total. The van der Waals surface area contributed by atoms with Crippen LogP contribution in [0.25, 0.3) is 6.08 Å². The SMILES string of the molecule is COc1cc(/C=C/C(=O)N[C@@H](Cc2ccccc2)C(=O)NO)cc(OC)c1O. The number of amides is 2. The number of benzene rings is 2. The van der Waals surface area contributed by atoms with Crippen LogP contribution < -0.4 is 20.3 Å². The van der Waals surface area contributed by atoms with Gasteiger partial charge in [-0.2, -0.15) is 0 Å². The predicted octanol–water partition coefficient (Wildman–Crippen LogP) is 1.66. The number of ether oxygens (including phenoxy) is 2. The van der Waals surface area contributed by atoms with E-state index in [2.05, 4.69) is 5.32 Å². The molecule has 2 aromatic carbocycles. The fourth-order valence-corrected chi connectivity index (χ4v) is 2.54. The summed E-state index contributed by atoms with van der Waals surface area (Å²) in [4.78, 5) is 24.1. The number of phenolic OH excluding ortho intramolecular Hbond substituents is 1. The van der Waals surface area contributed by atoms with Crippen LogP contribution in [0.2, 0.25) is 0 Å². The maximum absolute atomic E-state index is 12.2. The lowest BCUT2D eigenvalue weighted by atomic mass is 10.1. The third kappa shape index (κ3) is 5.49. The largest absolute Gasteiger partial charge is 0.502 e. The van der Waals surface area contributed by atoms with E-state index in [1.807, 2.05) is 30.3 Å². The fraction of sp³-hybridized carbons (Fsp3) is 0.200. The van der Waals surface area contributed by atoms with Crippen LogP contribution in [0.3, 0.4) is 0 Å². The number of hydrogen-bond donors (Lipinski definition) is 4. The Labute approximate surface area is 162 Å². The van der Waals surface area contributed by atoms with Crippen molar-refractivity contribution in [2.24, 2.45) is 0 Å². The first-order valence-corrected chi connectivity index (χ1v) is 8.40. The van der Waals surface area contributed by atoms with Gasteiger partial charge in [0.05, 0.1) is 14.2 Å². The van der Waals surface area contributed by atoms with E-state index < -0.39 is 17.9 Å². The molecule has 0 unspecified atom stereocenters. The van der Waals surface area contributed by atoms with Gasteiger partial charge in [0, 0.05) is 12.5 Å². The zero-order valence-corrected chi connectivity index (χ0v) is 15.5. The molecule has 2 aromatic rings. The lowest BCUT2D eigenvalue weighted by Gasteiger charge is -2.15. The van der Waals surface area contributed by atoms with E-state index in [1.165, 1.54) is 38.5 Å². The molecule has 0 saturated heterocycles. The Morgan fingerprint density at radius 3 is 2.25 bits per heavy atom. The molecule has 2 amide bonds. The number of hydrogen-bond acceptors (Lipinski definition) is 6. The van der Waals surface area contributed by atoms with E-state index in [-0.39, 0.29) is 23.7 Å². The van der Waals surface area contributed by atoms with E-state index >= 15 is 0 Å². The van der Waals surface area contributed by atoms with Gasteiger partial charge in [0.2, 0.25) is 11.7 Å². The molecule has 0 fully saturated rings. The van der Waals surface area contributed by atoms with Crippen LogP contribution in [-0.4, -0.2) is 42.4 Å². The number of carbonyl (C=O) groups excluding carboxylic acids is 2. The minimum atomic E-state index is -0.951. The van der Waals surface area contributed by atoms with Crippen LogP contribution in [-0.2, 0) is 16.0 Å². The van der Waals surface area contributed by atoms with Crippen molar-refractivity contribution < 1.29 is 29.4 Å². The van der Waals surface area contributed by atoms with Crippen molar-refractivity contribution in [1.82, 2.24) is 10.8 Å². The van der Waals surface area contributed by atoms with Crippen molar-refractivity contribution in [3.05, 3.63) is 59.7 Å². The van der Waals surface area contributed by atoms with Gasteiger partial charge in [0.1, 0.15) is 6.04 Å². The molecular formula is C20H22N2O6. The zero-order chi connectivity index (χ0) is 20.5. The summed E-state index contributed by atoms with van der Waals surface area (Å²) < 4.78 is 10.1. The molecular weight excluding hydrogens is 364 g/mol. The van der Waals surface area contributed by atoms with E-state index in [9.17, 15) is 14.7 Å². The molecule has 1 atom stereocenters. The lowest BCUT2D eigenvalue weighted by Crippen LogP contribution is -2.46. The Morgan fingerprint density at radius 1 is 1.11 bits per heavy atom. The molecule has 28 heavy (non-hydrogen) atoms. The molecule has 0 saturated carbocycles. The van der Waals surface area contributed by atoms with Gasteiger partial charge in [-0.1, -0.05) is 30.3 Å². The molecule has 0 aliphatic carbocycles. The highest BCUT2D eigenvalue weighted by Gasteiger charge is 2.20. The Balaban J connectivity index is 2.12. The summed E-state index contributed by atoms with van der Waals surface area (Å²) in [6.45, 7) is 0. The predicted molar refractivity (Wildman–Crippen MR) is 102 cm³/mol. The van der Waals surface area contributed by atoms with Gasteiger partial charge in [-0.15, -0.1) is 0 Å². The van der Waals surface area contributed by atoms with Crippen molar-refractivity contribution in [1.29, 1.82) is 0 Å². The van der Waals surface area contributed by atoms with Crippen molar-refractivity contribution in [2.45, 2.75) is 12.5 Å². The number of carbonyl (C=O) groups is 2. The molecule has 0 aliphatic rings. The van der Waals surface area contributed by atoms with Crippen molar-refractivity contribution in [3.8, 4) is 17.2 Å². The van der Waals surface area contributed by atoms with E-state index in [0.29, 0.717) is 5.56 Å². The quantitative estimate of drug-likeness (QED) is 0.311. The third-order valence-electron chi connectivity index (χ3n) is 3.96. The first kappa shape index (κ1) is 20.8. The van der Waals surface area contributed by atoms with Crippen molar-refractivity contribution >= 4 is 17.9 Å². The molecule has 0 bridgehead atoms. The average molecular weight is 386 g/mol. The molecule has 8 nitrogen and oxygen atoms in total. The van der Waals surface area contributed by atoms with Crippen LogP contribution in [0, 0.1) is 0 Å². The highest BCUT2D eigenvalue weighted by molar-refractivity contribution is 5.95. The van der Waals surface area contributed by atoms with Gasteiger partial charge in [-0.3, -0.25) is 14.8 Å². The number of phenols is 1. The molecule has 0 spiro atoms. The number of rotatable bonds is 8. The summed E-state index contributed by atoms with van der Waals surface area (Å²) in [7, 11) is 2.80. The fourth-order valence-electron chi connectivity index (χ4n) is 2.54. The standard InChI is InChI=1S/C20H22N2O6/c1-27-16-11-14(12-17(28-2)19(16)24)8-9-18(23)21-15(20(25)22-26)10-13-6-4-3-5-7-13/h3-9,11-12,15,24,26H,10H2,1-2H3,(H,21,23)(H,22,25)/b9-8+/t15-/m0/s1. The number of aromatic hydroxyl groups is 1.